The number of aliphatic carboxylic acids is 1. The number of carbonyl (C=O) groups is 3. The van der Waals surface area contributed by atoms with Gasteiger partial charge in [0.05, 0.1) is 12.5 Å². The smallest absolute Gasteiger partial charge is 0.333 e. The summed E-state index contributed by atoms with van der Waals surface area (Å²) >= 11 is 0. The van der Waals surface area contributed by atoms with E-state index in [1.54, 1.807) is 25.2 Å². The van der Waals surface area contributed by atoms with Crippen molar-refractivity contribution in [3.05, 3.63) is 47.6 Å². The lowest BCUT2D eigenvalue weighted by molar-refractivity contribution is -0.147. The normalized spacial score (nSPS) is 30.0. The topological polar surface area (TPSA) is 80.7 Å². The fourth-order valence-electron chi connectivity index (χ4n) is 4.83. The molecule has 0 aliphatic heterocycles. The summed E-state index contributed by atoms with van der Waals surface area (Å²) in [5, 5.41) is 10.2. The molecule has 0 radical (unpaired) electrons. The second-order valence-corrected chi connectivity index (χ2v) is 7.92. The van der Waals surface area contributed by atoms with E-state index in [0.717, 1.165) is 5.57 Å². The number of hydrogen-bond acceptors (Lipinski definition) is 4. The van der Waals surface area contributed by atoms with Crippen molar-refractivity contribution >= 4 is 17.7 Å². The Bertz CT molecular complexity index is 781. The van der Waals surface area contributed by atoms with Gasteiger partial charge < -0.3 is 9.84 Å². The Morgan fingerprint density at radius 3 is 2.52 bits per heavy atom. The largest absolute Gasteiger partial charge is 0.481 e. The maximum Gasteiger partial charge on any atom is 0.333 e. The van der Waals surface area contributed by atoms with Crippen molar-refractivity contribution < 1.29 is 24.2 Å². The summed E-state index contributed by atoms with van der Waals surface area (Å²) in [4.78, 5) is 36.8. The third-order valence-electron chi connectivity index (χ3n) is 6.40. The van der Waals surface area contributed by atoms with E-state index in [2.05, 4.69) is 6.58 Å². The molecule has 1 saturated carbocycles. The standard InChI is InChI=1S/C22H28O5/c1-7-8-9-10-15-14(3)16(12-17(15)23)22(20(25)26)18(21(22,4)5)11-13(2)19(24)27-6/h7-9,11,16,18H,1,10,12H2,2-6H3,(H,25,26)/t16-,18+,22-/m0/s1. The van der Waals surface area contributed by atoms with Crippen LogP contribution in [0.1, 0.15) is 40.5 Å². The van der Waals surface area contributed by atoms with Gasteiger partial charge in [-0.1, -0.05) is 50.3 Å². The van der Waals surface area contributed by atoms with Crippen molar-refractivity contribution in [2.45, 2.75) is 40.5 Å². The van der Waals surface area contributed by atoms with Gasteiger partial charge >= 0.3 is 11.9 Å². The molecule has 2 aliphatic carbocycles. The lowest BCUT2D eigenvalue weighted by atomic mass is 9.78. The molecular weight excluding hydrogens is 344 g/mol. The van der Waals surface area contributed by atoms with E-state index >= 15 is 0 Å². The summed E-state index contributed by atoms with van der Waals surface area (Å²) in [5.74, 6) is -2.12. The zero-order chi connectivity index (χ0) is 20.6. The van der Waals surface area contributed by atoms with E-state index < -0.39 is 22.8 Å². The Balaban J connectivity index is 2.48. The van der Waals surface area contributed by atoms with Crippen LogP contribution in [0.4, 0.5) is 0 Å². The minimum atomic E-state index is -1.11. The van der Waals surface area contributed by atoms with Crippen LogP contribution in [0.2, 0.25) is 0 Å². The quantitative estimate of drug-likeness (QED) is 0.417. The minimum Gasteiger partial charge on any atom is -0.481 e. The van der Waals surface area contributed by atoms with Crippen LogP contribution in [0.5, 0.6) is 0 Å². The number of esters is 1. The molecule has 0 unspecified atom stereocenters. The molecule has 3 atom stereocenters. The van der Waals surface area contributed by atoms with Gasteiger partial charge in [0.1, 0.15) is 0 Å². The van der Waals surface area contributed by atoms with Crippen LogP contribution >= 0.6 is 0 Å². The number of carboxylic acids is 1. The predicted octanol–water partition coefficient (Wildman–Crippen LogP) is 3.87. The van der Waals surface area contributed by atoms with E-state index in [0.29, 0.717) is 17.6 Å². The molecule has 5 nitrogen and oxygen atoms in total. The number of rotatable bonds is 7. The summed E-state index contributed by atoms with van der Waals surface area (Å²) in [7, 11) is 1.30. The van der Waals surface area contributed by atoms with Crippen molar-refractivity contribution in [3.8, 4) is 0 Å². The first-order chi connectivity index (χ1) is 12.6. The van der Waals surface area contributed by atoms with Gasteiger partial charge in [-0.25, -0.2) is 4.79 Å². The second-order valence-electron chi connectivity index (χ2n) is 7.92. The van der Waals surface area contributed by atoms with E-state index in [1.807, 2.05) is 26.8 Å². The first-order valence-corrected chi connectivity index (χ1v) is 9.07. The number of methoxy groups -OCH3 is 1. The summed E-state index contributed by atoms with van der Waals surface area (Å²) < 4.78 is 4.74. The Morgan fingerprint density at radius 2 is 2.00 bits per heavy atom. The highest BCUT2D eigenvalue weighted by Gasteiger charge is 2.78. The summed E-state index contributed by atoms with van der Waals surface area (Å²) in [6, 6.07) is 0. The average Bonchev–Trinajstić information content (AvgIpc) is 2.95. The van der Waals surface area contributed by atoms with Gasteiger partial charge in [-0.2, -0.15) is 0 Å². The molecule has 0 aromatic carbocycles. The predicted molar refractivity (Wildman–Crippen MR) is 103 cm³/mol. The number of carbonyl (C=O) groups excluding carboxylic acids is 2. The highest BCUT2D eigenvalue weighted by Crippen LogP contribution is 2.75. The number of ketones is 1. The fraction of sp³-hybridized carbons (Fsp3) is 0.500. The molecule has 27 heavy (non-hydrogen) atoms. The second kappa shape index (κ2) is 7.29. The number of ether oxygens (including phenoxy) is 1. The zero-order valence-electron chi connectivity index (χ0n) is 16.7. The van der Waals surface area contributed by atoms with Gasteiger partial charge in [-0.3, -0.25) is 9.59 Å². The number of carboxylic acid groups (broad SMARTS) is 1. The van der Waals surface area contributed by atoms with Crippen LogP contribution in [0.15, 0.2) is 47.6 Å². The number of Topliss-reactive ketones (excluding diaryl/α,β-unsaturated/α-hetero) is 1. The van der Waals surface area contributed by atoms with Crippen LogP contribution in [-0.4, -0.2) is 29.9 Å². The molecule has 1 fully saturated rings. The van der Waals surface area contributed by atoms with Gasteiger partial charge in [-0.15, -0.1) is 0 Å². The van der Waals surface area contributed by atoms with Crippen molar-refractivity contribution in [1.29, 1.82) is 0 Å². The van der Waals surface area contributed by atoms with Gasteiger partial charge in [0.2, 0.25) is 0 Å². The number of allylic oxidation sites excluding steroid dienone is 6. The molecule has 0 bridgehead atoms. The molecule has 0 saturated heterocycles. The Morgan fingerprint density at radius 1 is 1.37 bits per heavy atom. The molecule has 2 rings (SSSR count). The van der Waals surface area contributed by atoms with Crippen molar-refractivity contribution in [2.75, 3.05) is 7.11 Å². The fourth-order valence-corrected chi connectivity index (χ4v) is 4.83. The van der Waals surface area contributed by atoms with Crippen LogP contribution < -0.4 is 0 Å². The molecule has 0 aromatic rings. The highest BCUT2D eigenvalue weighted by molar-refractivity contribution is 6.01. The van der Waals surface area contributed by atoms with E-state index in [4.69, 9.17) is 4.74 Å². The minimum absolute atomic E-state index is 0.00181. The maximum atomic E-state index is 12.6. The molecule has 5 heteroatoms. The first-order valence-electron chi connectivity index (χ1n) is 9.07. The molecule has 0 spiro atoms. The monoisotopic (exact) mass is 372 g/mol. The van der Waals surface area contributed by atoms with Crippen LogP contribution in [0.25, 0.3) is 0 Å². The average molecular weight is 372 g/mol. The molecular formula is C22H28O5. The van der Waals surface area contributed by atoms with Crippen molar-refractivity contribution in [1.82, 2.24) is 0 Å². The van der Waals surface area contributed by atoms with Gasteiger partial charge in [0.15, 0.2) is 5.78 Å². The Kier molecular flexibility index (Phi) is 5.64. The summed E-state index contributed by atoms with van der Waals surface area (Å²) in [5.41, 5.74) is 0.238. The lowest BCUT2D eigenvalue weighted by Crippen LogP contribution is -2.31. The van der Waals surface area contributed by atoms with Crippen molar-refractivity contribution in [2.24, 2.45) is 22.7 Å². The summed E-state index contributed by atoms with van der Waals surface area (Å²) in [6.07, 6.45) is 7.65. The molecule has 146 valence electrons. The Labute approximate surface area is 160 Å². The van der Waals surface area contributed by atoms with Crippen molar-refractivity contribution in [3.63, 3.8) is 0 Å². The molecule has 0 amide bonds. The Hall–Kier alpha value is -2.43. The molecule has 0 heterocycles. The van der Waals surface area contributed by atoms with E-state index in [-0.39, 0.29) is 24.0 Å². The third-order valence-corrected chi connectivity index (χ3v) is 6.40. The van der Waals surface area contributed by atoms with Gasteiger partial charge in [-0.05, 0) is 31.3 Å². The van der Waals surface area contributed by atoms with Crippen LogP contribution in [-0.2, 0) is 19.1 Å². The van der Waals surface area contributed by atoms with E-state index in [1.165, 1.54) is 7.11 Å². The van der Waals surface area contributed by atoms with Gasteiger partial charge in [0.25, 0.3) is 0 Å². The third kappa shape index (κ3) is 3.09. The highest BCUT2D eigenvalue weighted by atomic mass is 16.5. The first kappa shape index (κ1) is 20.9. The molecule has 0 aromatic heterocycles. The number of hydrogen-bond donors (Lipinski definition) is 1. The van der Waals surface area contributed by atoms with Crippen LogP contribution in [0, 0.1) is 22.7 Å². The van der Waals surface area contributed by atoms with Crippen LogP contribution in [0.3, 0.4) is 0 Å². The van der Waals surface area contributed by atoms with E-state index in [9.17, 15) is 19.5 Å². The molecule has 2 aliphatic rings. The summed E-state index contributed by atoms with van der Waals surface area (Å²) in [6.45, 7) is 10.9. The SMILES string of the molecule is C=CC=CCC1=C(C)[C@@H]([C@@]2(C(=O)O)[C@H](C=C(C)C(=O)OC)C2(C)C)CC1=O. The molecule has 1 N–H and O–H groups in total. The maximum absolute atomic E-state index is 12.6. The zero-order valence-corrected chi connectivity index (χ0v) is 16.7. The lowest BCUT2D eigenvalue weighted by Gasteiger charge is -2.24. The van der Waals surface area contributed by atoms with Gasteiger partial charge in [0, 0.05) is 23.8 Å².